The number of aliphatic hydroxyl groups is 6. The number of hydrogen-bond donors (Lipinski definition) is 8. The molecule has 0 aromatic heterocycles. The molecule has 2 rings (SSSR count). The fourth-order valence-electron chi connectivity index (χ4n) is 2.65. The van der Waals surface area contributed by atoms with E-state index in [2.05, 4.69) is 0 Å². The second-order valence-corrected chi connectivity index (χ2v) is 5.70. The predicted octanol–water partition coefficient (Wildman–Crippen LogP) is -5.46. The van der Waals surface area contributed by atoms with E-state index in [0.29, 0.717) is 0 Å². The van der Waals surface area contributed by atoms with Crippen molar-refractivity contribution in [3.63, 3.8) is 0 Å². The summed E-state index contributed by atoms with van der Waals surface area (Å²) >= 11 is 0. The van der Waals surface area contributed by atoms with E-state index in [1.54, 1.807) is 0 Å². The Morgan fingerprint density at radius 1 is 0.783 bits per heavy atom. The lowest BCUT2D eigenvalue weighted by Gasteiger charge is -2.45. The molecule has 136 valence electrons. The van der Waals surface area contributed by atoms with Crippen molar-refractivity contribution in [3.8, 4) is 0 Å². The molecule has 11 nitrogen and oxygen atoms in total. The fraction of sp³-hybridized carbons (Fsp3) is 1.00. The van der Waals surface area contributed by atoms with Crippen LogP contribution in [0.5, 0.6) is 0 Å². The Bertz CT molecular complexity index is 386. The first kappa shape index (κ1) is 18.9. The van der Waals surface area contributed by atoms with Crippen molar-refractivity contribution < 1.29 is 44.8 Å². The maximum absolute atomic E-state index is 10.1. The molecule has 0 amide bonds. The first-order valence-corrected chi connectivity index (χ1v) is 7.23. The minimum Gasteiger partial charge on any atom is -0.394 e. The van der Waals surface area contributed by atoms with Crippen LogP contribution in [0.15, 0.2) is 0 Å². The summed E-state index contributed by atoms with van der Waals surface area (Å²) in [6, 6.07) is -2.37. The van der Waals surface area contributed by atoms with Gasteiger partial charge in [-0.15, -0.1) is 0 Å². The van der Waals surface area contributed by atoms with E-state index in [4.69, 9.17) is 30.8 Å². The summed E-state index contributed by atoms with van der Waals surface area (Å²) in [4.78, 5) is 0. The summed E-state index contributed by atoms with van der Waals surface area (Å²) in [5.41, 5.74) is 11.3. The third-order valence-corrected chi connectivity index (χ3v) is 4.14. The molecule has 0 unspecified atom stereocenters. The highest BCUT2D eigenvalue weighted by molar-refractivity contribution is 4.95. The number of nitrogens with two attached hydrogens (primary N) is 2. The van der Waals surface area contributed by atoms with E-state index >= 15 is 0 Å². The SMILES string of the molecule is N[C@@H]1[C@@H](O)[C@H](O[C@@H]2O[C@@H](CO)[C@@H](O)[C@H](O)[C@H]2N)[C@H](CO)O[C@H]1O. The summed E-state index contributed by atoms with van der Waals surface area (Å²) in [5, 5.41) is 57.7. The van der Waals surface area contributed by atoms with E-state index in [1.165, 1.54) is 0 Å². The maximum atomic E-state index is 10.1. The van der Waals surface area contributed by atoms with Crippen LogP contribution in [0.1, 0.15) is 0 Å². The largest absolute Gasteiger partial charge is 0.394 e. The number of rotatable bonds is 4. The van der Waals surface area contributed by atoms with Crippen molar-refractivity contribution in [1.82, 2.24) is 0 Å². The van der Waals surface area contributed by atoms with Crippen LogP contribution in [0.2, 0.25) is 0 Å². The molecule has 0 aliphatic carbocycles. The van der Waals surface area contributed by atoms with Gasteiger partial charge in [0.2, 0.25) is 0 Å². The third-order valence-electron chi connectivity index (χ3n) is 4.14. The standard InChI is InChI=1S/C12H24N2O9/c13-5-9(19)10(4(2-16)21-11(5)20)23-12-6(14)8(18)7(17)3(1-15)22-12/h3-12,15-20H,1-2,13-14H2/t3-,4-,5+,6+,7+,8+,9+,10+,11+,12-/m0/s1. The molecule has 2 aliphatic heterocycles. The van der Waals surface area contributed by atoms with Crippen molar-refractivity contribution in [2.45, 2.75) is 61.3 Å². The van der Waals surface area contributed by atoms with Crippen molar-refractivity contribution in [2.24, 2.45) is 11.5 Å². The monoisotopic (exact) mass is 340 g/mol. The van der Waals surface area contributed by atoms with Crippen LogP contribution in [0.25, 0.3) is 0 Å². The van der Waals surface area contributed by atoms with Gasteiger partial charge in [0.15, 0.2) is 12.6 Å². The first-order valence-electron chi connectivity index (χ1n) is 7.23. The van der Waals surface area contributed by atoms with Gasteiger partial charge in [-0.3, -0.25) is 0 Å². The highest BCUT2D eigenvalue weighted by Gasteiger charge is 2.49. The topological polar surface area (TPSA) is 201 Å². The second-order valence-electron chi connectivity index (χ2n) is 5.70. The van der Waals surface area contributed by atoms with Gasteiger partial charge in [-0.25, -0.2) is 0 Å². The zero-order valence-corrected chi connectivity index (χ0v) is 12.3. The lowest BCUT2D eigenvalue weighted by atomic mass is 9.95. The molecule has 2 saturated heterocycles. The Morgan fingerprint density at radius 3 is 1.96 bits per heavy atom. The van der Waals surface area contributed by atoms with Crippen molar-refractivity contribution in [2.75, 3.05) is 13.2 Å². The molecule has 10 N–H and O–H groups in total. The Labute approximate surface area is 132 Å². The van der Waals surface area contributed by atoms with E-state index in [0.717, 1.165) is 0 Å². The molecule has 11 heteroatoms. The van der Waals surface area contributed by atoms with Crippen molar-refractivity contribution in [1.29, 1.82) is 0 Å². The molecule has 0 saturated carbocycles. The van der Waals surface area contributed by atoms with Gasteiger partial charge in [0, 0.05) is 0 Å². The average molecular weight is 340 g/mol. The highest BCUT2D eigenvalue weighted by Crippen LogP contribution is 2.27. The summed E-state index contributed by atoms with van der Waals surface area (Å²) in [6.45, 7) is -1.17. The third kappa shape index (κ3) is 3.65. The summed E-state index contributed by atoms with van der Waals surface area (Å²) < 4.78 is 15.8. The van der Waals surface area contributed by atoms with Gasteiger partial charge >= 0.3 is 0 Å². The Hall–Kier alpha value is -0.440. The molecule has 0 aromatic carbocycles. The van der Waals surface area contributed by atoms with E-state index < -0.39 is 74.5 Å². The van der Waals surface area contributed by atoms with Crippen LogP contribution in [0.3, 0.4) is 0 Å². The van der Waals surface area contributed by atoms with Crippen LogP contribution in [0, 0.1) is 0 Å². The number of aliphatic hydroxyl groups excluding tert-OH is 6. The minimum absolute atomic E-state index is 0.581. The van der Waals surface area contributed by atoms with Crippen LogP contribution in [-0.2, 0) is 14.2 Å². The van der Waals surface area contributed by atoms with Gasteiger partial charge < -0.3 is 56.3 Å². The molecule has 0 spiro atoms. The second kappa shape index (κ2) is 7.63. The summed E-state index contributed by atoms with van der Waals surface area (Å²) in [6.07, 6.45) is -10.5. The molecular weight excluding hydrogens is 316 g/mol. The normalized spacial score (nSPS) is 51.7. The Balaban J connectivity index is 2.11. The lowest BCUT2D eigenvalue weighted by Crippen LogP contribution is -2.67. The average Bonchev–Trinajstić information content (AvgIpc) is 2.55. The van der Waals surface area contributed by atoms with E-state index in [9.17, 15) is 25.5 Å². The molecule has 2 heterocycles. The van der Waals surface area contributed by atoms with Gasteiger partial charge in [0.25, 0.3) is 0 Å². The molecule has 2 fully saturated rings. The Morgan fingerprint density at radius 2 is 1.39 bits per heavy atom. The van der Waals surface area contributed by atoms with Crippen LogP contribution in [0.4, 0.5) is 0 Å². The van der Waals surface area contributed by atoms with Crippen molar-refractivity contribution >= 4 is 0 Å². The fourth-order valence-corrected chi connectivity index (χ4v) is 2.65. The number of hydrogen-bond acceptors (Lipinski definition) is 11. The quantitative estimate of drug-likeness (QED) is 0.242. The maximum Gasteiger partial charge on any atom is 0.176 e. The zero-order chi connectivity index (χ0) is 17.3. The van der Waals surface area contributed by atoms with Gasteiger partial charge in [-0.05, 0) is 0 Å². The van der Waals surface area contributed by atoms with E-state index in [1.807, 2.05) is 0 Å². The highest BCUT2D eigenvalue weighted by atomic mass is 16.7. The Kier molecular flexibility index (Phi) is 6.27. The van der Waals surface area contributed by atoms with Crippen LogP contribution in [-0.4, -0.2) is 105 Å². The number of ether oxygens (including phenoxy) is 3. The van der Waals surface area contributed by atoms with Gasteiger partial charge in [-0.2, -0.15) is 0 Å². The summed E-state index contributed by atoms with van der Waals surface area (Å²) in [7, 11) is 0. The first-order chi connectivity index (χ1) is 10.8. The molecule has 0 aromatic rings. The van der Waals surface area contributed by atoms with Crippen LogP contribution >= 0.6 is 0 Å². The van der Waals surface area contributed by atoms with Crippen molar-refractivity contribution in [3.05, 3.63) is 0 Å². The van der Waals surface area contributed by atoms with Crippen LogP contribution < -0.4 is 11.5 Å². The summed E-state index contributed by atoms with van der Waals surface area (Å²) in [5.74, 6) is 0. The zero-order valence-electron chi connectivity index (χ0n) is 12.3. The molecule has 2 aliphatic rings. The molecule has 10 atom stereocenters. The molecule has 23 heavy (non-hydrogen) atoms. The molecule has 0 radical (unpaired) electrons. The van der Waals surface area contributed by atoms with E-state index in [-0.39, 0.29) is 0 Å². The smallest absolute Gasteiger partial charge is 0.176 e. The lowest BCUT2D eigenvalue weighted by molar-refractivity contribution is -0.324. The minimum atomic E-state index is -1.49. The van der Waals surface area contributed by atoms with Gasteiger partial charge in [0.1, 0.15) is 36.6 Å². The molecule has 0 bridgehead atoms. The molecular formula is C12H24N2O9. The van der Waals surface area contributed by atoms with Gasteiger partial charge in [0.05, 0.1) is 25.3 Å². The predicted molar refractivity (Wildman–Crippen MR) is 72.6 cm³/mol. The van der Waals surface area contributed by atoms with Gasteiger partial charge in [-0.1, -0.05) is 0 Å².